The SMILES string of the molecule is [C-]#[N+]C1=C(C)NC(COC)=C(C(=O)OC(C)C)C1c1ccc(Cl)cc1F. The van der Waals surface area contributed by atoms with Crippen molar-refractivity contribution in [3.05, 3.63) is 68.7 Å². The third-order valence-electron chi connectivity index (χ3n) is 3.86. The number of rotatable bonds is 5. The molecule has 7 heteroatoms. The molecule has 0 radical (unpaired) electrons. The summed E-state index contributed by atoms with van der Waals surface area (Å²) in [6.45, 7) is 12.8. The van der Waals surface area contributed by atoms with Crippen molar-refractivity contribution in [1.29, 1.82) is 0 Å². The lowest BCUT2D eigenvalue weighted by Crippen LogP contribution is -2.32. The lowest BCUT2D eigenvalue weighted by atomic mass is 9.83. The van der Waals surface area contributed by atoms with Crippen molar-refractivity contribution < 1.29 is 18.7 Å². The number of hydrogen-bond donors (Lipinski definition) is 1. The van der Waals surface area contributed by atoms with Crippen molar-refractivity contribution in [2.45, 2.75) is 32.8 Å². The summed E-state index contributed by atoms with van der Waals surface area (Å²) < 4.78 is 25.2. The molecule has 1 aliphatic rings. The second-order valence-corrected chi connectivity index (χ2v) is 6.56. The second-order valence-electron chi connectivity index (χ2n) is 6.13. The summed E-state index contributed by atoms with van der Waals surface area (Å²) in [5, 5.41) is 3.26. The number of dihydropyridines is 1. The second kappa shape index (κ2) is 8.35. The number of allylic oxidation sites excluding steroid dienone is 2. The number of carbonyl (C=O) groups is 1. The standard InChI is InChI=1S/C19H20ClFN2O3/c1-10(2)26-19(24)17-15(9-25-5)23-11(3)18(22-4)16(17)13-7-6-12(20)8-14(13)21/h6-8,10,16,23H,9H2,1-3,5H3. The molecule has 0 saturated carbocycles. The first kappa shape index (κ1) is 20.0. The topological polar surface area (TPSA) is 51.9 Å². The van der Waals surface area contributed by atoms with Gasteiger partial charge in [0.2, 0.25) is 0 Å². The molecule has 0 fully saturated rings. The van der Waals surface area contributed by atoms with Crippen LogP contribution < -0.4 is 5.32 Å². The Hall–Kier alpha value is -2.36. The number of benzene rings is 1. The fourth-order valence-corrected chi connectivity index (χ4v) is 3.01. The number of hydrogen-bond acceptors (Lipinski definition) is 4. The van der Waals surface area contributed by atoms with E-state index in [1.165, 1.54) is 19.2 Å². The van der Waals surface area contributed by atoms with Gasteiger partial charge in [0.25, 0.3) is 0 Å². The van der Waals surface area contributed by atoms with E-state index in [1.807, 2.05) is 0 Å². The van der Waals surface area contributed by atoms with Gasteiger partial charge in [-0.05, 0) is 38.5 Å². The molecule has 1 unspecified atom stereocenters. The molecule has 1 aliphatic heterocycles. The Morgan fingerprint density at radius 3 is 2.69 bits per heavy atom. The van der Waals surface area contributed by atoms with Gasteiger partial charge in [-0.15, -0.1) is 0 Å². The molecular weight excluding hydrogens is 359 g/mol. The Labute approximate surface area is 157 Å². The zero-order valence-corrected chi connectivity index (χ0v) is 15.8. The van der Waals surface area contributed by atoms with Crippen LogP contribution in [0, 0.1) is 12.4 Å². The minimum Gasteiger partial charge on any atom is -0.460 e. The maximum absolute atomic E-state index is 14.6. The van der Waals surface area contributed by atoms with Crippen molar-refractivity contribution in [2.75, 3.05) is 13.7 Å². The van der Waals surface area contributed by atoms with E-state index in [9.17, 15) is 9.18 Å². The maximum Gasteiger partial charge on any atom is 0.335 e. The highest BCUT2D eigenvalue weighted by Gasteiger charge is 2.37. The van der Waals surface area contributed by atoms with Gasteiger partial charge in [-0.2, -0.15) is 0 Å². The molecule has 5 nitrogen and oxygen atoms in total. The van der Waals surface area contributed by atoms with Crippen LogP contribution in [-0.2, 0) is 14.3 Å². The summed E-state index contributed by atoms with van der Waals surface area (Å²) >= 11 is 5.85. The highest BCUT2D eigenvalue weighted by atomic mass is 35.5. The summed E-state index contributed by atoms with van der Waals surface area (Å²) in [5.74, 6) is -2.11. The molecule has 0 spiro atoms. The van der Waals surface area contributed by atoms with Crippen LogP contribution in [0.2, 0.25) is 5.02 Å². The van der Waals surface area contributed by atoms with Crippen molar-refractivity contribution in [3.8, 4) is 0 Å². The summed E-state index contributed by atoms with van der Waals surface area (Å²) in [6.07, 6.45) is -0.363. The summed E-state index contributed by atoms with van der Waals surface area (Å²) in [4.78, 5) is 16.3. The van der Waals surface area contributed by atoms with E-state index in [4.69, 9.17) is 27.6 Å². The monoisotopic (exact) mass is 378 g/mol. The summed E-state index contributed by atoms with van der Waals surface area (Å²) in [5.41, 5.74) is 1.56. The van der Waals surface area contributed by atoms with Crippen LogP contribution in [0.5, 0.6) is 0 Å². The van der Waals surface area contributed by atoms with Gasteiger partial charge in [0.1, 0.15) is 5.82 Å². The normalized spacial score (nSPS) is 17.2. The Bertz CT molecular complexity index is 825. The van der Waals surface area contributed by atoms with E-state index >= 15 is 0 Å². The lowest BCUT2D eigenvalue weighted by Gasteiger charge is -2.30. The Morgan fingerprint density at radius 2 is 2.15 bits per heavy atom. The highest BCUT2D eigenvalue weighted by Crippen LogP contribution is 2.41. The number of nitrogens with one attached hydrogen (secondary N) is 1. The van der Waals surface area contributed by atoms with Crippen LogP contribution in [0.15, 0.2) is 40.9 Å². The van der Waals surface area contributed by atoms with E-state index in [2.05, 4.69) is 10.2 Å². The molecule has 138 valence electrons. The fraction of sp³-hybridized carbons (Fsp3) is 0.368. The molecular formula is C19H20ClFN2O3. The van der Waals surface area contributed by atoms with Gasteiger partial charge in [-0.25, -0.2) is 14.0 Å². The summed E-state index contributed by atoms with van der Waals surface area (Å²) in [6, 6.07) is 4.18. The molecule has 26 heavy (non-hydrogen) atoms. The van der Waals surface area contributed by atoms with Gasteiger partial charge in [0.15, 0.2) is 5.70 Å². The number of ether oxygens (including phenoxy) is 2. The Morgan fingerprint density at radius 1 is 1.46 bits per heavy atom. The molecule has 1 aromatic rings. The van der Waals surface area contributed by atoms with Gasteiger partial charge in [-0.3, -0.25) is 0 Å². The Balaban J connectivity index is 2.70. The number of halogens is 2. The van der Waals surface area contributed by atoms with E-state index in [-0.39, 0.29) is 34.6 Å². The first-order valence-electron chi connectivity index (χ1n) is 8.03. The highest BCUT2D eigenvalue weighted by molar-refractivity contribution is 6.30. The zero-order chi connectivity index (χ0) is 19.4. The number of carbonyl (C=O) groups excluding carboxylic acids is 1. The van der Waals surface area contributed by atoms with Crippen LogP contribution in [0.4, 0.5) is 4.39 Å². The Kier molecular flexibility index (Phi) is 6.41. The lowest BCUT2D eigenvalue weighted by molar-refractivity contribution is -0.143. The van der Waals surface area contributed by atoms with Crippen molar-refractivity contribution >= 4 is 17.6 Å². The first-order valence-corrected chi connectivity index (χ1v) is 8.41. The predicted octanol–water partition coefficient (Wildman–Crippen LogP) is 4.17. The quantitative estimate of drug-likeness (QED) is 0.617. The maximum atomic E-state index is 14.6. The third-order valence-corrected chi connectivity index (χ3v) is 4.09. The van der Waals surface area contributed by atoms with Crippen LogP contribution in [0.25, 0.3) is 4.85 Å². The fourth-order valence-electron chi connectivity index (χ4n) is 2.85. The average Bonchev–Trinajstić information content (AvgIpc) is 2.54. The first-order chi connectivity index (χ1) is 12.3. The number of methoxy groups -OCH3 is 1. The molecule has 0 bridgehead atoms. The van der Waals surface area contributed by atoms with Crippen LogP contribution >= 0.6 is 11.6 Å². The van der Waals surface area contributed by atoms with E-state index in [1.54, 1.807) is 20.8 Å². The molecule has 0 saturated heterocycles. The molecule has 0 aromatic heterocycles. The van der Waals surface area contributed by atoms with E-state index < -0.39 is 17.7 Å². The van der Waals surface area contributed by atoms with E-state index in [0.29, 0.717) is 11.4 Å². The number of esters is 1. The minimum atomic E-state index is -0.901. The van der Waals surface area contributed by atoms with Gasteiger partial charge in [0, 0.05) is 17.8 Å². The third kappa shape index (κ3) is 4.06. The van der Waals surface area contributed by atoms with Crippen LogP contribution in [0.3, 0.4) is 0 Å². The molecule has 1 heterocycles. The van der Waals surface area contributed by atoms with Crippen LogP contribution in [0.1, 0.15) is 32.3 Å². The van der Waals surface area contributed by atoms with Crippen molar-refractivity contribution in [2.24, 2.45) is 0 Å². The van der Waals surface area contributed by atoms with Crippen molar-refractivity contribution in [3.63, 3.8) is 0 Å². The molecule has 0 amide bonds. The molecule has 0 aliphatic carbocycles. The average molecular weight is 379 g/mol. The largest absolute Gasteiger partial charge is 0.460 e. The van der Waals surface area contributed by atoms with Gasteiger partial charge >= 0.3 is 5.97 Å². The molecule has 2 rings (SSSR count). The molecule has 1 aromatic carbocycles. The van der Waals surface area contributed by atoms with Gasteiger partial charge in [0.05, 0.1) is 36.5 Å². The van der Waals surface area contributed by atoms with E-state index in [0.717, 1.165) is 6.07 Å². The molecule has 1 N–H and O–H groups in total. The summed E-state index contributed by atoms with van der Waals surface area (Å²) in [7, 11) is 1.49. The van der Waals surface area contributed by atoms with Gasteiger partial charge in [-0.1, -0.05) is 17.7 Å². The zero-order valence-electron chi connectivity index (χ0n) is 15.0. The minimum absolute atomic E-state index is 0.0941. The molecule has 1 atom stereocenters. The predicted molar refractivity (Wildman–Crippen MR) is 96.7 cm³/mol. The van der Waals surface area contributed by atoms with Gasteiger partial charge < -0.3 is 14.8 Å². The number of nitrogens with zero attached hydrogens (tertiary/aromatic N) is 1. The van der Waals surface area contributed by atoms with Crippen molar-refractivity contribution in [1.82, 2.24) is 5.32 Å². The smallest absolute Gasteiger partial charge is 0.335 e. The van der Waals surface area contributed by atoms with Crippen LogP contribution in [-0.4, -0.2) is 25.8 Å².